The van der Waals surface area contributed by atoms with Crippen molar-refractivity contribution in [1.82, 2.24) is 0 Å². The van der Waals surface area contributed by atoms with Crippen molar-refractivity contribution in [2.24, 2.45) is 5.16 Å². The number of aliphatic carboxylic acids is 1. The van der Waals surface area contributed by atoms with Crippen LogP contribution in [-0.2, 0) is 28.8 Å². The van der Waals surface area contributed by atoms with Gasteiger partial charge in [-0.05, 0) is 35.4 Å². The van der Waals surface area contributed by atoms with E-state index in [-0.39, 0.29) is 13.2 Å². The van der Waals surface area contributed by atoms with Crippen LogP contribution < -0.4 is 4.74 Å². The number of carboxylic acid groups (broad SMARTS) is 1. The van der Waals surface area contributed by atoms with Gasteiger partial charge in [0.2, 0.25) is 0 Å². The fourth-order valence-electron chi connectivity index (χ4n) is 2.07. The highest BCUT2D eigenvalue weighted by Gasteiger charge is 2.29. The van der Waals surface area contributed by atoms with Gasteiger partial charge < -0.3 is 19.8 Å². The topological polar surface area (TPSA) is 88.4 Å². The van der Waals surface area contributed by atoms with E-state index in [1.165, 1.54) is 18.3 Å². The van der Waals surface area contributed by atoms with Crippen molar-refractivity contribution in [2.75, 3.05) is 6.61 Å². The lowest BCUT2D eigenvalue weighted by atomic mass is 10.1. The largest absolute Gasteiger partial charge is 0.490 e. The first-order chi connectivity index (χ1) is 13.3. The quantitative estimate of drug-likeness (QED) is 0.501. The van der Waals surface area contributed by atoms with Crippen LogP contribution in [0.25, 0.3) is 0 Å². The molecule has 2 rings (SSSR count). The van der Waals surface area contributed by atoms with Crippen LogP contribution >= 0.6 is 0 Å². The van der Waals surface area contributed by atoms with Crippen LogP contribution in [0.3, 0.4) is 0 Å². The number of benzene rings is 2. The number of aliphatic hydroxyl groups excluding tert-OH is 1. The van der Waals surface area contributed by atoms with Crippen LogP contribution in [0.1, 0.15) is 16.7 Å². The molecule has 28 heavy (non-hydrogen) atoms. The normalized spacial score (nSPS) is 12.7. The fraction of sp³-hybridized carbons (Fsp3) is 0.263. The second kappa shape index (κ2) is 9.75. The maximum absolute atomic E-state index is 12.5. The molecule has 2 aromatic rings. The minimum atomic E-state index is -4.37. The number of ether oxygens (including phenoxy) is 1. The van der Waals surface area contributed by atoms with E-state index in [0.29, 0.717) is 17.7 Å². The van der Waals surface area contributed by atoms with Gasteiger partial charge in [0.15, 0.2) is 6.10 Å². The second-order valence-corrected chi connectivity index (χ2v) is 5.77. The molecule has 150 valence electrons. The van der Waals surface area contributed by atoms with Crippen molar-refractivity contribution in [1.29, 1.82) is 0 Å². The van der Waals surface area contributed by atoms with Gasteiger partial charge in [0.25, 0.3) is 0 Å². The van der Waals surface area contributed by atoms with E-state index in [1.54, 1.807) is 24.3 Å². The zero-order valence-corrected chi connectivity index (χ0v) is 14.6. The summed E-state index contributed by atoms with van der Waals surface area (Å²) in [6.07, 6.45) is -4.00. The maximum Gasteiger partial charge on any atom is 0.416 e. The van der Waals surface area contributed by atoms with Gasteiger partial charge in [-0.25, -0.2) is 4.79 Å². The Hall–Kier alpha value is -3.07. The number of aliphatic hydroxyl groups is 1. The number of hydrogen-bond donors (Lipinski definition) is 2. The first-order valence-electron chi connectivity index (χ1n) is 8.18. The van der Waals surface area contributed by atoms with Crippen molar-refractivity contribution in [3.63, 3.8) is 0 Å². The van der Waals surface area contributed by atoms with Crippen molar-refractivity contribution in [2.45, 2.75) is 25.3 Å². The number of carboxylic acids is 1. The van der Waals surface area contributed by atoms with E-state index in [4.69, 9.17) is 19.8 Å². The van der Waals surface area contributed by atoms with Crippen molar-refractivity contribution in [3.8, 4) is 5.75 Å². The predicted octanol–water partition coefficient (Wildman–Crippen LogP) is 3.27. The summed E-state index contributed by atoms with van der Waals surface area (Å²) in [5.74, 6) is -0.941. The number of rotatable bonds is 9. The van der Waals surface area contributed by atoms with Gasteiger partial charge in [-0.15, -0.1) is 0 Å². The van der Waals surface area contributed by atoms with E-state index >= 15 is 0 Å². The molecular weight excluding hydrogens is 379 g/mol. The third-order valence-electron chi connectivity index (χ3n) is 3.60. The molecule has 0 aromatic heterocycles. The zero-order chi connectivity index (χ0) is 20.6. The molecule has 0 aliphatic heterocycles. The van der Waals surface area contributed by atoms with E-state index in [9.17, 15) is 18.0 Å². The molecule has 0 aliphatic rings. The lowest BCUT2D eigenvalue weighted by Crippen LogP contribution is -2.26. The molecule has 2 aromatic carbocycles. The molecule has 2 N–H and O–H groups in total. The molecular formula is C19H18F3NO5. The van der Waals surface area contributed by atoms with Crippen LogP contribution in [0.15, 0.2) is 53.7 Å². The van der Waals surface area contributed by atoms with Crippen LogP contribution in [0.2, 0.25) is 0 Å². The van der Waals surface area contributed by atoms with E-state index in [2.05, 4.69) is 5.16 Å². The number of nitrogens with zero attached hydrogens (tertiary/aromatic N) is 1. The Labute approximate surface area is 158 Å². The molecule has 0 bridgehead atoms. The lowest BCUT2D eigenvalue weighted by Gasteiger charge is -2.08. The summed E-state index contributed by atoms with van der Waals surface area (Å²) in [5, 5.41) is 21.5. The van der Waals surface area contributed by atoms with Gasteiger partial charge in [-0.3, -0.25) is 0 Å². The number of hydrogen-bond acceptors (Lipinski definition) is 5. The monoisotopic (exact) mass is 397 g/mol. The van der Waals surface area contributed by atoms with Gasteiger partial charge in [0.05, 0.1) is 5.56 Å². The first kappa shape index (κ1) is 21.2. The van der Waals surface area contributed by atoms with Crippen LogP contribution in [0.4, 0.5) is 13.2 Å². The molecule has 9 heteroatoms. The summed E-state index contributed by atoms with van der Waals surface area (Å²) >= 11 is 0. The van der Waals surface area contributed by atoms with Gasteiger partial charge in [0, 0.05) is 12.6 Å². The molecule has 0 radical (unpaired) electrons. The molecule has 0 saturated heterocycles. The number of oxime groups is 1. The Bertz CT molecular complexity index is 789. The average Bonchev–Trinajstić information content (AvgIpc) is 2.66. The van der Waals surface area contributed by atoms with E-state index in [0.717, 1.165) is 17.7 Å². The average molecular weight is 397 g/mol. The summed E-state index contributed by atoms with van der Waals surface area (Å²) < 4.78 is 42.6. The highest BCUT2D eigenvalue weighted by atomic mass is 19.4. The number of alkyl halides is 3. The fourth-order valence-corrected chi connectivity index (χ4v) is 2.07. The lowest BCUT2D eigenvalue weighted by molar-refractivity contribution is -0.148. The van der Waals surface area contributed by atoms with Gasteiger partial charge in [-0.1, -0.05) is 29.4 Å². The highest BCUT2D eigenvalue weighted by Crippen LogP contribution is 2.29. The van der Waals surface area contributed by atoms with Crippen molar-refractivity contribution < 1.29 is 37.8 Å². The Kier molecular flexibility index (Phi) is 7.39. The summed E-state index contributed by atoms with van der Waals surface area (Å²) in [6.45, 7) is -0.304. The van der Waals surface area contributed by atoms with E-state index in [1.807, 2.05) is 0 Å². The van der Waals surface area contributed by atoms with Gasteiger partial charge in [-0.2, -0.15) is 13.2 Å². The van der Waals surface area contributed by atoms with Gasteiger partial charge >= 0.3 is 12.1 Å². The third kappa shape index (κ3) is 6.92. The Morgan fingerprint density at radius 3 is 2.25 bits per heavy atom. The zero-order valence-electron chi connectivity index (χ0n) is 14.6. The Morgan fingerprint density at radius 2 is 1.68 bits per heavy atom. The van der Waals surface area contributed by atoms with Crippen molar-refractivity contribution in [3.05, 3.63) is 65.2 Å². The molecule has 0 saturated carbocycles. The molecule has 0 amide bonds. The molecule has 0 fully saturated rings. The van der Waals surface area contributed by atoms with Crippen LogP contribution in [0.5, 0.6) is 5.75 Å². The predicted molar refractivity (Wildman–Crippen MR) is 94.0 cm³/mol. The SMILES string of the molecule is O=C(O)C(O)COc1ccc(CC=NOCc2ccc(C(F)(F)F)cc2)cc1. The van der Waals surface area contributed by atoms with Crippen LogP contribution in [0, 0.1) is 0 Å². The smallest absolute Gasteiger partial charge is 0.416 e. The standard InChI is InChI=1S/C19H18F3NO5/c20-19(21,22)15-5-1-14(2-6-15)11-28-23-10-9-13-3-7-16(8-4-13)27-12-17(24)18(25)26/h1-8,10,17,24H,9,11-12H2,(H,25,26). The molecule has 1 atom stereocenters. The molecule has 6 nitrogen and oxygen atoms in total. The van der Waals surface area contributed by atoms with Crippen LogP contribution in [-0.4, -0.2) is 35.1 Å². The Balaban J connectivity index is 1.73. The summed E-state index contributed by atoms with van der Waals surface area (Å²) in [6, 6.07) is 11.4. The summed E-state index contributed by atoms with van der Waals surface area (Å²) in [5.41, 5.74) is 0.730. The van der Waals surface area contributed by atoms with Gasteiger partial charge in [0.1, 0.15) is 19.0 Å². The Morgan fingerprint density at radius 1 is 1.07 bits per heavy atom. The van der Waals surface area contributed by atoms with Crippen molar-refractivity contribution >= 4 is 12.2 Å². The third-order valence-corrected chi connectivity index (χ3v) is 3.60. The molecule has 0 aliphatic carbocycles. The second-order valence-electron chi connectivity index (χ2n) is 5.77. The highest BCUT2D eigenvalue weighted by molar-refractivity contribution is 5.72. The first-order valence-corrected chi connectivity index (χ1v) is 8.18. The van der Waals surface area contributed by atoms with E-state index < -0.39 is 23.8 Å². The minimum Gasteiger partial charge on any atom is -0.490 e. The summed E-state index contributed by atoms with van der Waals surface area (Å²) in [7, 11) is 0. The molecule has 0 spiro atoms. The number of carbonyl (C=O) groups is 1. The molecule has 1 unspecified atom stereocenters. The minimum absolute atomic E-state index is 0.0489. The summed E-state index contributed by atoms with van der Waals surface area (Å²) in [4.78, 5) is 15.5. The molecule has 0 heterocycles. The number of halogens is 3. The maximum atomic E-state index is 12.5.